The average molecular weight is 323 g/mol. The molecule has 0 unspecified atom stereocenters. The first-order valence-corrected chi connectivity index (χ1v) is 5.17. The lowest BCUT2D eigenvalue weighted by molar-refractivity contribution is -0.137. The Labute approximate surface area is 97.5 Å². The summed E-state index contributed by atoms with van der Waals surface area (Å²) in [4.78, 5) is 3.77. The molecule has 1 aromatic heterocycles. The number of halogens is 4. The quantitative estimate of drug-likeness (QED) is 0.671. The van der Waals surface area contributed by atoms with Crippen molar-refractivity contribution >= 4 is 33.5 Å². The number of hydrogen-bond donors (Lipinski definition) is 0. The molecule has 0 aliphatic rings. The van der Waals surface area contributed by atoms with Crippen molar-refractivity contribution in [1.29, 1.82) is 0 Å². The fraction of sp³-hybridized carbons (Fsp3) is 0.100. The van der Waals surface area contributed by atoms with E-state index in [1.165, 1.54) is 0 Å². The van der Waals surface area contributed by atoms with Gasteiger partial charge in [0.05, 0.1) is 11.1 Å². The molecule has 78 valence electrons. The van der Waals surface area contributed by atoms with Crippen LogP contribution in [0.4, 0.5) is 13.2 Å². The van der Waals surface area contributed by atoms with E-state index in [1.807, 2.05) is 6.07 Å². The molecule has 1 nitrogen and oxygen atoms in total. The molecule has 0 saturated carbocycles. The van der Waals surface area contributed by atoms with Gasteiger partial charge < -0.3 is 0 Å². The van der Waals surface area contributed by atoms with Gasteiger partial charge in [0.1, 0.15) is 0 Å². The van der Waals surface area contributed by atoms with Crippen LogP contribution in [-0.4, -0.2) is 4.98 Å². The molecule has 0 fully saturated rings. The highest BCUT2D eigenvalue weighted by Crippen LogP contribution is 2.30. The summed E-state index contributed by atoms with van der Waals surface area (Å²) < 4.78 is 38.0. The Morgan fingerprint density at radius 2 is 1.87 bits per heavy atom. The predicted molar refractivity (Wildman–Crippen MR) is 59.5 cm³/mol. The van der Waals surface area contributed by atoms with Gasteiger partial charge in [-0.2, -0.15) is 13.2 Å². The lowest BCUT2D eigenvalue weighted by atomic mass is 10.1. The van der Waals surface area contributed by atoms with Crippen molar-refractivity contribution in [3.05, 3.63) is 39.6 Å². The number of pyridine rings is 1. The number of aromatic nitrogens is 1. The number of alkyl halides is 3. The van der Waals surface area contributed by atoms with Crippen molar-refractivity contribution in [1.82, 2.24) is 4.98 Å². The Morgan fingerprint density at radius 3 is 2.53 bits per heavy atom. The summed E-state index contributed by atoms with van der Waals surface area (Å²) in [5.74, 6) is 0. The molecular formula is C10H5F3IN. The number of nitrogens with zero attached hydrogens (tertiary/aromatic N) is 1. The smallest absolute Gasteiger partial charge is 0.256 e. The van der Waals surface area contributed by atoms with E-state index in [1.54, 1.807) is 12.1 Å². The van der Waals surface area contributed by atoms with Gasteiger partial charge in [-0.1, -0.05) is 0 Å². The Morgan fingerprint density at radius 1 is 1.13 bits per heavy atom. The van der Waals surface area contributed by atoms with Gasteiger partial charge in [-0.3, -0.25) is 4.98 Å². The van der Waals surface area contributed by atoms with Gasteiger partial charge in [0.25, 0.3) is 0 Å². The van der Waals surface area contributed by atoms with E-state index in [4.69, 9.17) is 0 Å². The fourth-order valence-electron chi connectivity index (χ4n) is 1.26. The summed E-state index contributed by atoms with van der Waals surface area (Å²) in [5, 5.41) is 0.511. The monoisotopic (exact) mass is 323 g/mol. The van der Waals surface area contributed by atoms with Crippen LogP contribution in [0.15, 0.2) is 30.5 Å². The van der Waals surface area contributed by atoms with Crippen molar-refractivity contribution in [2.45, 2.75) is 6.18 Å². The lowest BCUT2D eigenvalue weighted by Crippen LogP contribution is -2.05. The fourth-order valence-corrected chi connectivity index (χ4v) is 1.77. The number of fused-ring (bicyclic) bond motifs is 1. The first-order chi connectivity index (χ1) is 6.97. The van der Waals surface area contributed by atoms with Gasteiger partial charge in [0.15, 0.2) is 0 Å². The normalized spacial score (nSPS) is 12.0. The molecule has 0 spiro atoms. The summed E-state index contributed by atoms with van der Waals surface area (Å²) in [6, 6.07) is 6.31. The standard InChI is InChI=1S/C10H5F3IN/c11-10(12,13)7-3-6-4-8(14)1-2-9(6)15-5-7/h1-5H. The first-order valence-electron chi connectivity index (χ1n) is 4.09. The summed E-state index contributed by atoms with van der Waals surface area (Å²) in [6.45, 7) is 0. The molecule has 5 heteroatoms. The van der Waals surface area contributed by atoms with Gasteiger partial charge in [0.2, 0.25) is 0 Å². The third-order valence-corrected chi connectivity index (χ3v) is 2.64. The minimum atomic E-state index is -4.33. The highest BCUT2D eigenvalue weighted by molar-refractivity contribution is 14.1. The van der Waals surface area contributed by atoms with E-state index in [-0.39, 0.29) is 0 Å². The van der Waals surface area contributed by atoms with E-state index < -0.39 is 11.7 Å². The van der Waals surface area contributed by atoms with Crippen LogP contribution in [0, 0.1) is 3.57 Å². The molecule has 0 radical (unpaired) electrons. The predicted octanol–water partition coefficient (Wildman–Crippen LogP) is 3.86. The van der Waals surface area contributed by atoms with E-state index >= 15 is 0 Å². The van der Waals surface area contributed by atoms with Gasteiger partial charge in [-0.15, -0.1) is 0 Å². The number of benzene rings is 1. The Bertz CT molecular complexity index is 507. The maximum absolute atomic E-state index is 12.4. The highest BCUT2D eigenvalue weighted by atomic mass is 127. The maximum Gasteiger partial charge on any atom is 0.417 e. The van der Waals surface area contributed by atoms with Gasteiger partial charge >= 0.3 is 6.18 Å². The van der Waals surface area contributed by atoms with Crippen LogP contribution in [0.1, 0.15) is 5.56 Å². The van der Waals surface area contributed by atoms with Crippen molar-refractivity contribution in [2.75, 3.05) is 0 Å². The molecule has 0 saturated heterocycles. The molecule has 2 rings (SSSR count). The van der Waals surface area contributed by atoms with Crippen LogP contribution in [0.5, 0.6) is 0 Å². The second-order valence-electron chi connectivity index (χ2n) is 3.06. The van der Waals surface area contributed by atoms with Gasteiger partial charge in [0, 0.05) is 15.2 Å². The summed E-state index contributed by atoms with van der Waals surface area (Å²) in [5.41, 5.74) is -0.139. The van der Waals surface area contributed by atoms with Crippen molar-refractivity contribution in [3.8, 4) is 0 Å². The average Bonchev–Trinajstić information content (AvgIpc) is 2.15. The molecular weight excluding hydrogens is 318 g/mol. The minimum absolute atomic E-state index is 0.511. The van der Waals surface area contributed by atoms with Crippen molar-refractivity contribution in [3.63, 3.8) is 0 Å². The van der Waals surface area contributed by atoms with Gasteiger partial charge in [-0.05, 0) is 46.9 Å². The zero-order valence-corrected chi connectivity index (χ0v) is 9.50. The van der Waals surface area contributed by atoms with Crippen LogP contribution in [0.2, 0.25) is 0 Å². The topological polar surface area (TPSA) is 12.9 Å². The summed E-state index contributed by atoms with van der Waals surface area (Å²) in [7, 11) is 0. The second kappa shape index (κ2) is 3.62. The Balaban J connectivity index is 2.64. The third kappa shape index (κ3) is 2.22. The molecule has 1 heterocycles. The molecule has 0 atom stereocenters. The first kappa shape index (κ1) is 10.7. The zero-order chi connectivity index (χ0) is 11.1. The van der Waals surface area contributed by atoms with Crippen LogP contribution in [-0.2, 0) is 6.18 Å². The Kier molecular flexibility index (Phi) is 2.57. The molecule has 0 amide bonds. The van der Waals surface area contributed by atoms with Crippen LogP contribution >= 0.6 is 22.6 Å². The molecule has 0 N–H and O–H groups in total. The van der Waals surface area contributed by atoms with E-state index in [0.29, 0.717) is 10.9 Å². The van der Waals surface area contributed by atoms with E-state index in [2.05, 4.69) is 27.6 Å². The Hall–Kier alpha value is -0.850. The third-order valence-electron chi connectivity index (χ3n) is 1.97. The SMILES string of the molecule is FC(F)(F)c1cnc2ccc(I)cc2c1. The molecule has 0 aliphatic carbocycles. The van der Waals surface area contributed by atoms with E-state index in [9.17, 15) is 13.2 Å². The number of hydrogen-bond acceptors (Lipinski definition) is 1. The molecule has 1 aromatic carbocycles. The van der Waals surface area contributed by atoms with Crippen molar-refractivity contribution in [2.24, 2.45) is 0 Å². The molecule has 15 heavy (non-hydrogen) atoms. The van der Waals surface area contributed by atoms with E-state index in [0.717, 1.165) is 15.8 Å². The number of rotatable bonds is 0. The summed E-state index contributed by atoms with van der Waals surface area (Å²) >= 11 is 2.05. The van der Waals surface area contributed by atoms with Crippen LogP contribution in [0.3, 0.4) is 0 Å². The molecule has 2 aromatic rings. The maximum atomic E-state index is 12.4. The molecule has 0 aliphatic heterocycles. The molecule has 0 bridgehead atoms. The summed E-state index contributed by atoms with van der Waals surface area (Å²) in [6.07, 6.45) is -3.47. The highest BCUT2D eigenvalue weighted by Gasteiger charge is 2.30. The van der Waals surface area contributed by atoms with Crippen LogP contribution in [0.25, 0.3) is 10.9 Å². The second-order valence-corrected chi connectivity index (χ2v) is 4.30. The van der Waals surface area contributed by atoms with Crippen LogP contribution < -0.4 is 0 Å². The van der Waals surface area contributed by atoms with Crippen molar-refractivity contribution < 1.29 is 13.2 Å². The zero-order valence-electron chi connectivity index (χ0n) is 7.35. The largest absolute Gasteiger partial charge is 0.417 e. The van der Waals surface area contributed by atoms with Gasteiger partial charge in [-0.25, -0.2) is 0 Å². The minimum Gasteiger partial charge on any atom is -0.256 e. The lowest BCUT2D eigenvalue weighted by Gasteiger charge is -2.06.